The second kappa shape index (κ2) is 2.28. The van der Waals surface area contributed by atoms with Crippen LogP contribution in [0.2, 0.25) is 0 Å². The van der Waals surface area contributed by atoms with Crippen LogP contribution >= 0.6 is 11.8 Å². The van der Waals surface area contributed by atoms with Crippen LogP contribution in [0.1, 0.15) is 27.7 Å². The van der Waals surface area contributed by atoms with Crippen molar-refractivity contribution in [3.63, 3.8) is 0 Å². The standard InChI is InChI=1S/C8H14OS/c1-5-6(2)8(4,9)10-7(5)3/h7,9H,1-4H3. The predicted molar refractivity (Wildman–Crippen MR) is 46.1 cm³/mol. The van der Waals surface area contributed by atoms with Gasteiger partial charge in [0.2, 0.25) is 0 Å². The number of aliphatic hydroxyl groups is 1. The van der Waals surface area contributed by atoms with E-state index in [4.69, 9.17) is 0 Å². The van der Waals surface area contributed by atoms with Crippen LogP contribution in [-0.2, 0) is 0 Å². The predicted octanol–water partition coefficient (Wildman–Crippen LogP) is 2.17. The first-order valence-corrected chi connectivity index (χ1v) is 4.41. The molecule has 0 radical (unpaired) electrons. The van der Waals surface area contributed by atoms with Crippen molar-refractivity contribution in [1.29, 1.82) is 0 Å². The van der Waals surface area contributed by atoms with Gasteiger partial charge in [-0.25, -0.2) is 0 Å². The molecule has 1 N–H and O–H groups in total. The molecule has 0 fully saturated rings. The smallest absolute Gasteiger partial charge is 0.129 e. The van der Waals surface area contributed by atoms with Gasteiger partial charge in [0.05, 0.1) is 0 Å². The average Bonchev–Trinajstić information content (AvgIpc) is 1.95. The van der Waals surface area contributed by atoms with Crippen LogP contribution in [0.5, 0.6) is 0 Å². The Morgan fingerprint density at radius 1 is 1.50 bits per heavy atom. The highest BCUT2D eigenvalue weighted by Crippen LogP contribution is 2.44. The molecule has 0 bridgehead atoms. The summed E-state index contributed by atoms with van der Waals surface area (Å²) in [6.07, 6.45) is 0. The van der Waals surface area contributed by atoms with Gasteiger partial charge in [0.15, 0.2) is 0 Å². The van der Waals surface area contributed by atoms with Crippen molar-refractivity contribution >= 4 is 11.8 Å². The minimum Gasteiger partial charge on any atom is -0.376 e. The molecule has 2 atom stereocenters. The van der Waals surface area contributed by atoms with Gasteiger partial charge in [0.25, 0.3) is 0 Å². The monoisotopic (exact) mass is 158 g/mol. The van der Waals surface area contributed by atoms with Crippen LogP contribution in [0.4, 0.5) is 0 Å². The fourth-order valence-corrected chi connectivity index (χ4v) is 2.57. The maximum absolute atomic E-state index is 9.71. The molecular formula is C8H14OS. The van der Waals surface area contributed by atoms with Crippen LogP contribution in [0.25, 0.3) is 0 Å². The molecule has 10 heavy (non-hydrogen) atoms. The van der Waals surface area contributed by atoms with E-state index in [0.29, 0.717) is 5.25 Å². The van der Waals surface area contributed by atoms with E-state index in [1.807, 2.05) is 13.8 Å². The molecule has 0 aromatic rings. The van der Waals surface area contributed by atoms with Gasteiger partial charge in [-0.2, -0.15) is 0 Å². The van der Waals surface area contributed by atoms with Crippen LogP contribution in [0.3, 0.4) is 0 Å². The van der Waals surface area contributed by atoms with E-state index in [0.717, 1.165) is 5.57 Å². The summed E-state index contributed by atoms with van der Waals surface area (Å²) in [6.45, 7) is 8.09. The molecule has 1 aliphatic heterocycles. The SMILES string of the molecule is CC1=C(C)C(C)(O)SC1C. The second-order valence-corrected chi connectivity index (χ2v) is 4.79. The van der Waals surface area contributed by atoms with Gasteiger partial charge >= 0.3 is 0 Å². The zero-order valence-corrected chi connectivity index (χ0v) is 7.75. The van der Waals surface area contributed by atoms with E-state index < -0.39 is 4.93 Å². The van der Waals surface area contributed by atoms with Gasteiger partial charge in [0.1, 0.15) is 4.93 Å². The Morgan fingerprint density at radius 3 is 2.10 bits per heavy atom. The summed E-state index contributed by atoms with van der Waals surface area (Å²) in [5, 5.41) is 10.2. The molecule has 0 spiro atoms. The Bertz CT molecular complexity index is 182. The largest absolute Gasteiger partial charge is 0.376 e. The molecular weight excluding hydrogens is 144 g/mol. The lowest BCUT2D eigenvalue weighted by molar-refractivity contribution is 0.198. The van der Waals surface area contributed by atoms with Gasteiger partial charge in [-0.05, 0) is 33.3 Å². The zero-order valence-electron chi connectivity index (χ0n) is 6.93. The van der Waals surface area contributed by atoms with Crippen molar-refractivity contribution in [2.24, 2.45) is 0 Å². The molecule has 0 aromatic heterocycles. The number of rotatable bonds is 0. The van der Waals surface area contributed by atoms with Crippen molar-refractivity contribution in [3.8, 4) is 0 Å². The van der Waals surface area contributed by atoms with E-state index in [-0.39, 0.29) is 0 Å². The number of hydrogen-bond donors (Lipinski definition) is 1. The molecule has 0 saturated heterocycles. The highest BCUT2D eigenvalue weighted by Gasteiger charge is 2.34. The first-order valence-electron chi connectivity index (χ1n) is 3.53. The highest BCUT2D eigenvalue weighted by atomic mass is 32.2. The third kappa shape index (κ3) is 1.10. The van der Waals surface area contributed by atoms with Gasteiger partial charge < -0.3 is 5.11 Å². The molecule has 0 aliphatic carbocycles. The Kier molecular flexibility index (Phi) is 1.86. The summed E-state index contributed by atoms with van der Waals surface area (Å²) in [7, 11) is 0. The van der Waals surface area contributed by atoms with E-state index in [2.05, 4.69) is 13.8 Å². The molecule has 0 saturated carbocycles. The minimum atomic E-state index is -0.608. The molecule has 1 aliphatic rings. The normalized spacial score (nSPS) is 41.1. The second-order valence-electron chi connectivity index (χ2n) is 3.05. The fourth-order valence-electron chi connectivity index (χ4n) is 1.19. The van der Waals surface area contributed by atoms with Crippen molar-refractivity contribution in [3.05, 3.63) is 11.1 Å². The molecule has 0 aromatic carbocycles. The number of hydrogen-bond acceptors (Lipinski definition) is 2. The fraction of sp³-hybridized carbons (Fsp3) is 0.750. The van der Waals surface area contributed by atoms with Crippen molar-refractivity contribution < 1.29 is 5.11 Å². The van der Waals surface area contributed by atoms with Gasteiger partial charge in [-0.1, -0.05) is 5.57 Å². The highest BCUT2D eigenvalue weighted by molar-refractivity contribution is 8.01. The quantitative estimate of drug-likeness (QED) is 0.545. The van der Waals surface area contributed by atoms with E-state index in [1.54, 1.807) is 11.8 Å². The summed E-state index contributed by atoms with van der Waals surface area (Å²) < 4.78 is 0. The topological polar surface area (TPSA) is 20.2 Å². The van der Waals surface area contributed by atoms with Crippen molar-refractivity contribution in [2.45, 2.75) is 37.9 Å². The zero-order chi connectivity index (χ0) is 7.94. The van der Waals surface area contributed by atoms with Crippen LogP contribution in [0, 0.1) is 0 Å². The molecule has 1 heterocycles. The summed E-state index contributed by atoms with van der Waals surface area (Å²) >= 11 is 1.62. The van der Waals surface area contributed by atoms with Crippen molar-refractivity contribution in [2.75, 3.05) is 0 Å². The van der Waals surface area contributed by atoms with Crippen LogP contribution < -0.4 is 0 Å². The summed E-state index contributed by atoms with van der Waals surface area (Å²) in [5.41, 5.74) is 2.46. The van der Waals surface area contributed by atoms with Crippen LogP contribution in [0.15, 0.2) is 11.1 Å². The average molecular weight is 158 g/mol. The molecule has 58 valence electrons. The minimum absolute atomic E-state index is 0.481. The molecule has 1 nitrogen and oxygen atoms in total. The lowest BCUT2D eigenvalue weighted by Gasteiger charge is -2.17. The lowest BCUT2D eigenvalue weighted by Crippen LogP contribution is -2.17. The maximum Gasteiger partial charge on any atom is 0.129 e. The first kappa shape index (κ1) is 8.15. The van der Waals surface area contributed by atoms with Crippen LogP contribution in [-0.4, -0.2) is 15.3 Å². The molecule has 1 rings (SSSR count). The van der Waals surface area contributed by atoms with Gasteiger partial charge in [0, 0.05) is 5.25 Å². The molecule has 0 amide bonds. The summed E-state index contributed by atoms with van der Waals surface area (Å²) in [5.74, 6) is 0. The van der Waals surface area contributed by atoms with E-state index in [1.165, 1.54) is 5.57 Å². The Labute approximate surface area is 66.5 Å². The molecule has 2 heteroatoms. The summed E-state index contributed by atoms with van der Waals surface area (Å²) in [4.78, 5) is -0.608. The van der Waals surface area contributed by atoms with Gasteiger partial charge in [-0.3, -0.25) is 0 Å². The van der Waals surface area contributed by atoms with Crippen molar-refractivity contribution in [1.82, 2.24) is 0 Å². The lowest BCUT2D eigenvalue weighted by atomic mass is 10.1. The van der Waals surface area contributed by atoms with E-state index in [9.17, 15) is 5.11 Å². The Balaban J connectivity index is 2.95. The Hall–Kier alpha value is 0.0500. The third-order valence-corrected chi connectivity index (χ3v) is 3.78. The van der Waals surface area contributed by atoms with Gasteiger partial charge in [-0.15, -0.1) is 11.8 Å². The number of thioether (sulfide) groups is 1. The summed E-state index contributed by atoms with van der Waals surface area (Å²) in [6, 6.07) is 0. The molecule has 2 unspecified atom stereocenters. The Morgan fingerprint density at radius 2 is 2.00 bits per heavy atom. The maximum atomic E-state index is 9.71. The van der Waals surface area contributed by atoms with E-state index >= 15 is 0 Å². The first-order chi connectivity index (χ1) is 4.45. The third-order valence-electron chi connectivity index (χ3n) is 2.30.